The zero-order valence-corrected chi connectivity index (χ0v) is 56.0. The van der Waals surface area contributed by atoms with Crippen molar-refractivity contribution in [3.8, 4) is 0 Å². The van der Waals surface area contributed by atoms with E-state index in [0.29, 0.717) is 37.6 Å². The maximum absolute atomic E-state index is 11.3. The summed E-state index contributed by atoms with van der Waals surface area (Å²) in [7, 11) is -3.31. The van der Waals surface area contributed by atoms with Gasteiger partial charge in [-0.15, -0.1) is 0 Å². The molecule has 96 heavy (non-hydrogen) atoms. The third kappa shape index (κ3) is 13.7. The van der Waals surface area contributed by atoms with Crippen molar-refractivity contribution < 1.29 is 83.6 Å². The molecule has 4 saturated heterocycles. The molecule has 508 valence electrons. The van der Waals surface area contributed by atoms with Crippen LogP contribution in [0.25, 0.3) is 58.7 Å². The molecular formula is C55H66B4BrCl3N16O17. The molecule has 0 amide bonds. The van der Waals surface area contributed by atoms with Crippen LogP contribution in [0.3, 0.4) is 0 Å². The van der Waals surface area contributed by atoms with Crippen LogP contribution in [0.2, 0.25) is 42.8 Å². The highest BCUT2D eigenvalue weighted by atomic mass is 79.9. The molecule has 0 aromatic carbocycles. The number of nitrogens with zero attached hydrogens (tertiary/aromatic N) is 15. The number of anilines is 1. The lowest BCUT2D eigenvalue weighted by Crippen LogP contribution is -2.46. The highest BCUT2D eigenvalue weighted by molar-refractivity contribution is 9.10. The molecule has 0 unspecified atom stereocenters. The van der Waals surface area contributed by atoms with Gasteiger partial charge in [0.1, 0.15) is 135 Å². The van der Waals surface area contributed by atoms with Crippen LogP contribution in [0.15, 0.2) is 54.6 Å². The Balaban J connectivity index is 0.000000156. The molecule has 33 nitrogen and oxygen atoms in total. The molecule has 4 aliphatic rings. The molecular weight excluding hydrogens is 1390 g/mol. The normalized spacial score (nSPS) is 30.4. The summed E-state index contributed by atoms with van der Waals surface area (Å²) in [5, 5.41) is 93.5. The molecule has 0 bridgehead atoms. The first kappa shape index (κ1) is 68.2. The number of hydrogen-bond donors (Lipinski definition) is 10. The molecule has 8 aromatic heterocycles. The van der Waals surface area contributed by atoms with Crippen molar-refractivity contribution in [2.75, 3.05) is 31.9 Å². The lowest BCUT2D eigenvalue weighted by atomic mass is 9.93. The van der Waals surface area contributed by atoms with Crippen LogP contribution in [-0.4, -0.2) is 237 Å². The summed E-state index contributed by atoms with van der Waals surface area (Å²) in [5.74, 6) is 0.0386. The van der Waals surface area contributed by atoms with E-state index in [1.165, 1.54) is 85.2 Å². The molecule has 0 saturated carbocycles. The minimum absolute atomic E-state index is 0.000673. The van der Waals surface area contributed by atoms with E-state index < -0.39 is 139 Å². The predicted octanol–water partition coefficient (Wildman–Crippen LogP) is 3.60. The first-order valence-corrected chi connectivity index (χ1v) is 31.0. The van der Waals surface area contributed by atoms with E-state index in [9.17, 15) is 40.9 Å². The maximum Gasteiger partial charge on any atom is 0.272 e. The first-order valence-electron chi connectivity index (χ1n) is 31.4. The number of ether oxygens (including phenoxy) is 4. The van der Waals surface area contributed by atoms with Gasteiger partial charge in [-0.2, -0.15) is 0 Å². The number of rotatable bonds is 17. The smallest absolute Gasteiger partial charge is 0.272 e. The van der Waals surface area contributed by atoms with Crippen LogP contribution >= 0.6 is 50.7 Å². The van der Waals surface area contributed by atoms with E-state index in [1.54, 1.807) is 38.2 Å². The van der Waals surface area contributed by atoms with Gasteiger partial charge in [0.2, 0.25) is 17.1 Å². The standard InChI is InChI=1S/C15H19B2ClN4O4.C14H19B2BrClN3O4.C13H13ClN4O4.C13H15N5O5/c1-15(23)11(26-17-3)9(6-24-16-2)25-14(15)22-5-8(19-4)10-12(18)20-7-21-13(10)22;1-14(22)10(25-16-3)8(5-23-15-2)24-13(14)21-4-7(17)9-11(18)19-6-20-12(9)21;1-13(21)9(20)7(4-19)22-12(13)18-3-6(15-2)8-10(14)16-5-17-11(8)18;1-13(21)9(20)7(4-19)23-12(13)18-3-6(14-2)8-10(17-22)15-5-16-11(8)18/h5,7,9,11,14,16-17,23H,6H2,1-3H3;4,6,8,10,13,15-16,22H,5H2,1-3H3;3,5,7,9,12,19-21H,4H2,1H3;3,5,7,9,12,19-22H,4H2,1H3,(H,15,16,17)/t9-,11-,14-,15-;8-,10-,13-,14-;2*7-,9-,12-,13-/m1111/s1/i16D,17D;15D,16D;;. The maximum atomic E-state index is 11.3. The second kappa shape index (κ2) is 30.4. The van der Waals surface area contributed by atoms with Gasteiger partial charge in [0.25, 0.3) is 29.8 Å². The van der Waals surface area contributed by atoms with Crippen molar-refractivity contribution in [1.29, 1.82) is 5.34 Å². The summed E-state index contributed by atoms with van der Waals surface area (Å²) in [5.41, 5.74) is -2.60. The SMILES string of the molecule is [2H]B(C)OC[C@H]1O[C@@H](n2cc(Br)c3c(Cl)ncnc32)[C@](C)(O)[C@@H]1OB([2H])C.[2H]B(C)OC[C@H]1O[C@@H](n2cc([N+]#[C-])c3c(Cl)ncnc32)[C@](C)(O)[C@@H]1OB([2H])C.[C-]#[N+]c1cn([C@@H]2O[C@H](CO)[C@@H](O)[C@@]2(C)O)c2ncnc(Cl)c12.[C-]#[N+]c1cn([C@@H]2O[C@H](CO)[C@@H](O)[C@@]2(C)O)c2ncnc(NO)c12. The molecule has 41 heteroatoms. The monoisotopic (exact) mass is 1450 g/mol. The Morgan fingerprint density at radius 3 is 1.20 bits per heavy atom. The van der Waals surface area contributed by atoms with Crippen molar-refractivity contribution in [2.24, 2.45) is 0 Å². The van der Waals surface area contributed by atoms with Crippen LogP contribution in [0, 0.1) is 19.7 Å². The Hall–Kier alpha value is -6.32. The molecule has 12 rings (SSSR count). The second-order valence-corrected chi connectivity index (χ2v) is 24.5. The van der Waals surface area contributed by atoms with Crippen LogP contribution in [0.4, 0.5) is 22.9 Å². The summed E-state index contributed by atoms with van der Waals surface area (Å²) < 4.78 is 82.3. The fourth-order valence-corrected chi connectivity index (χ4v) is 13.2. The van der Waals surface area contributed by atoms with Crippen molar-refractivity contribution >= 4 is 148 Å². The van der Waals surface area contributed by atoms with Crippen molar-refractivity contribution in [1.82, 2.24) is 58.1 Å². The van der Waals surface area contributed by atoms with Gasteiger partial charge in [0.15, 0.2) is 30.7 Å². The second-order valence-electron chi connectivity index (χ2n) is 22.6. The van der Waals surface area contributed by atoms with Crippen LogP contribution < -0.4 is 5.48 Å². The van der Waals surface area contributed by atoms with Gasteiger partial charge in [0, 0.05) is 34.6 Å². The summed E-state index contributed by atoms with van der Waals surface area (Å²) in [6.07, 6.45) is -0.539. The molecule has 8 aromatic rings. The third-order valence-electron chi connectivity index (χ3n) is 16.4. The molecule has 0 radical (unpaired) electrons. The third-order valence-corrected chi connectivity index (χ3v) is 17.9. The van der Waals surface area contributed by atoms with Crippen molar-refractivity contribution in [3.05, 3.63) is 104 Å². The number of halogens is 4. The van der Waals surface area contributed by atoms with E-state index in [1.807, 2.05) is 5.48 Å². The van der Waals surface area contributed by atoms with E-state index >= 15 is 0 Å². The van der Waals surface area contributed by atoms with Crippen molar-refractivity contribution in [3.63, 3.8) is 0 Å². The summed E-state index contributed by atoms with van der Waals surface area (Å²) in [6.45, 7) is 33.1. The zero-order chi connectivity index (χ0) is 73.4. The minimum Gasteiger partial charge on any atom is -0.437 e. The summed E-state index contributed by atoms with van der Waals surface area (Å²) in [6, 6.07) is 0. The quantitative estimate of drug-likeness (QED) is 0.0269. The van der Waals surface area contributed by atoms with E-state index in [4.69, 9.17) is 103 Å². The van der Waals surface area contributed by atoms with Gasteiger partial charge in [0.05, 0.1) is 67.7 Å². The predicted molar refractivity (Wildman–Crippen MR) is 355 cm³/mol. The number of fused-ring (bicyclic) bond motifs is 4. The Labute approximate surface area is 579 Å². The minimum atomic E-state index is -1.71. The highest BCUT2D eigenvalue weighted by Gasteiger charge is 2.57. The van der Waals surface area contributed by atoms with E-state index in [-0.39, 0.29) is 62.6 Å². The van der Waals surface area contributed by atoms with E-state index in [0.717, 1.165) is 0 Å². The number of aromatic nitrogens is 12. The Kier molecular flexibility index (Phi) is 21.6. The largest absolute Gasteiger partial charge is 0.437 e. The fraction of sp³-hybridized carbons (Fsp3) is 0.509. The average molecular weight is 1460 g/mol. The molecule has 10 N–H and O–H groups in total. The first-order chi connectivity index (χ1) is 47.1. The van der Waals surface area contributed by atoms with Gasteiger partial charge in [-0.05, 0) is 43.6 Å². The van der Waals surface area contributed by atoms with Crippen LogP contribution in [-0.2, 0) is 37.6 Å². The Morgan fingerprint density at radius 1 is 0.531 bits per heavy atom. The summed E-state index contributed by atoms with van der Waals surface area (Å²) in [4.78, 5) is 42.4. The Bertz CT molecular complexity index is 4380. The van der Waals surface area contributed by atoms with Gasteiger partial charge >= 0.3 is 0 Å². The number of hydrogen-bond acceptors (Lipinski definition) is 26. The molecule has 0 spiro atoms. The van der Waals surface area contributed by atoms with Crippen molar-refractivity contribution in [2.45, 2.75) is 151 Å². The average Bonchev–Trinajstić information content (AvgIpc) is 1.61. The molecule has 0 aliphatic carbocycles. The van der Waals surface area contributed by atoms with Gasteiger partial charge in [-0.25, -0.2) is 54.4 Å². The fourth-order valence-electron chi connectivity index (χ4n) is 11.8. The zero-order valence-electron chi connectivity index (χ0n) is 56.2. The highest BCUT2D eigenvalue weighted by Crippen LogP contribution is 2.48. The van der Waals surface area contributed by atoms with E-state index in [2.05, 4.69) is 70.3 Å². The topological polar surface area (TPSA) is 404 Å². The number of nitrogens with one attached hydrogen (secondary N) is 1. The lowest BCUT2D eigenvalue weighted by Gasteiger charge is -2.30. The van der Waals surface area contributed by atoms with Gasteiger partial charge < -0.3 is 96.7 Å². The Morgan fingerprint density at radius 2 is 0.854 bits per heavy atom. The molecule has 12 heterocycles. The number of aliphatic hydroxyl groups is 8. The molecule has 4 aliphatic heterocycles. The number of aliphatic hydroxyl groups excluding tert-OH is 4. The van der Waals surface area contributed by atoms with Crippen LogP contribution in [0.1, 0.15) is 52.6 Å². The van der Waals surface area contributed by atoms with Crippen LogP contribution in [0.5, 0.6) is 0 Å². The molecule has 4 fully saturated rings. The summed E-state index contributed by atoms with van der Waals surface area (Å²) >= 11 is 21.8. The lowest BCUT2D eigenvalue weighted by molar-refractivity contribution is -0.0948. The molecule has 16 atom stereocenters. The van der Waals surface area contributed by atoms with Gasteiger partial charge in [-0.1, -0.05) is 62.1 Å². The van der Waals surface area contributed by atoms with Gasteiger partial charge in [-0.3, -0.25) is 10.7 Å².